The number of phenolic OH excluding ortho intramolecular Hbond substituents is 1. The molecule has 18 heavy (non-hydrogen) atoms. The lowest BCUT2D eigenvalue weighted by atomic mass is 9.86. The van der Waals surface area contributed by atoms with Gasteiger partial charge in [0.15, 0.2) is 0 Å². The lowest BCUT2D eigenvalue weighted by Gasteiger charge is -2.36. The highest BCUT2D eigenvalue weighted by Gasteiger charge is 2.29. The molecule has 0 aromatic heterocycles. The van der Waals surface area contributed by atoms with E-state index >= 15 is 0 Å². The normalized spacial score (nSPS) is 20.6. The van der Waals surface area contributed by atoms with Gasteiger partial charge in [0.25, 0.3) is 0 Å². The first-order chi connectivity index (χ1) is 8.59. The number of benzene rings is 1. The molecule has 100 valence electrons. The van der Waals surface area contributed by atoms with Gasteiger partial charge in [0.1, 0.15) is 5.75 Å². The highest BCUT2D eigenvalue weighted by Crippen LogP contribution is 2.33. The first kappa shape index (κ1) is 13.4. The van der Waals surface area contributed by atoms with Crippen molar-refractivity contribution in [3.63, 3.8) is 0 Å². The lowest BCUT2D eigenvalue weighted by molar-refractivity contribution is -0.0947. The van der Waals surface area contributed by atoms with Crippen LogP contribution in [0, 0.1) is 0 Å². The fraction of sp³-hybridized carbons (Fsp3) is 0.625. The molecular formula is C16H24O2. The van der Waals surface area contributed by atoms with E-state index in [0.29, 0.717) is 5.75 Å². The van der Waals surface area contributed by atoms with Crippen LogP contribution in [-0.4, -0.2) is 16.8 Å². The van der Waals surface area contributed by atoms with Crippen LogP contribution < -0.4 is 0 Å². The molecule has 0 bridgehead atoms. The van der Waals surface area contributed by atoms with Crippen molar-refractivity contribution in [1.82, 2.24) is 0 Å². The van der Waals surface area contributed by atoms with E-state index in [2.05, 4.69) is 13.8 Å². The molecule has 2 nitrogen and oxygen atoms in total. The summed E-state index contributed by atoms with van der Waals surface area (Å²) in [6, 6.07) is 7.53. The Balaban J connectivity index is 1.92. The quantitative estimate of drug-likeness (QED) is 0.870. The zero-order chi connectivity index (χ0) is 13.0. The van der Waals surface area contributed by atoms with Crippen LogP contribution in [0.15, 0.2) is 24.3 Å². The summed E-state index contributed by atoms with van der Waals surface area (Å²) in [7, 11) is 0. The van der Waals surface area contributed by atoms with Crippen LogP contribution in [0.4, 0.5) is 0 Å². The third-order valence-corrected chi connectivity index (χ3v) is 3.90. The molecule has 0 radical (unpaired) electrons. The van der Waals surface area contributed by atoms with Crippen molar-refractivity contribution in [3.05, 3.63) is 29.8 Å². The molecule has 1 N–H and O–H groups in total. The van der Waals surface area contributed by atoms with Gasteiger partial charge in [-0.25, -0.2) is 0 Å². The fourth-order valence-electron chi connectivity index (χ4n) is 2.94. The smallest absolute Gasteiger partial charge is 0.118 e. The largest absolute Gasteiger partial charge is 0.508 e. The minimum Gasteiger partial charge on any atom is -0.508 e. The Bertz CT molecular complexity index is 380. The molecular weight excluding hydrogens is 224 g/mol. The molecule has 1 saturated carbocycles. The van der Waals surface area contributed by atoms with Gasteiger partial charge in [-0.2, -0.15) is 0 Å². The average Bonchev–Trinajstić information content (AvgIpc) is 2.32. The van der Waals surface area contributed by atoms with Crippen LogP contribution in [0.2, 0.25) is 0 Å². The molecule has 1 aromatic carbocycles. The molecule has 0 heterocycles. The summed E-state index contributed by atoms with van der Waals surface area (Å²) in [6.07, 6.45) is 7.16. The second-order valence-corrected chi connectivity index (χ2v) is 5.77. The molecule has 2 heteroatoms. The molecule has 1 unspecified atom stereocenters. The topological polar surface area (TPSA) is 29.5 Å². The predicted molar refractivity (Wildman–Crippen MR) is 73.8 cm³/mol. The molecule has 0 spiro atoms. The molecule has 0 saturated heterocycles. The Hall–Kier alpha value is -1.02. The number of ether oxygens (including phenoxy) is 1. The number of rotatable bonds is 4. The summed E-state index contributed by atoms with van der Waals surface area (Å²) in [6.45, 7) is 4.33. The Morgan fingerprint density at radius 1 is 1.22 bits per heavy atom. The van der Waals surface area contributed by atoms with E-state index in [1.807, 2.05) is 18.2 Å². The Morgan fingerprint density at radius 2 is 1.89 bits per heavy atom. The van der Waals surface area contributed by atoms with Crippen molar-refractivity contribution in [2.45, 2.75) is 64.1 Å². The molecule has 1 aliphatic carbocycles. The van der Waals surface area contributed by atoms with Crippen LogP contribution in [0.3, 0.4) is 0 Å². The van der Waals surface area contributed by atoms with Crippen molar-refractivity contribution in [1.29, 1.82) is 0 Å². The summed E-state index contributed by atoms with van der Waals surface area (Å²) < 4.78 is 6.23. The highest BCUT2D eigenvalue weighted by atomic mass is 16.5. The van der Waals surface area contributed by atoms with E-state index in [0.717, 1.165) is 24.8 Å². The van der Waals surface area contributed by atoms with Gasteiger partial charge in [0, 0.05) is 6.42 Å². The van der Waals surface area contributed by atoms with E-state index in [4.69, 9.17) is 4.74 Å². The average molecular weight is 248 g/mol. The minimum absolute atomic E-state index is 0.0437. The van der Waals surface area contributed by atoms with E-state index in [1.165, 1.54) is 19.3 Å². The van der Waals surface area contributed by atoms with Gasteiger partial charge in [-0.3, -0.25) is 0 Å². The summed E-state index contributed by atoms with van der Waals surface area (Å²) in [5, 5.41) is 9.77. The fourth-order valence-corrected chi connectivity index (χ4v) is 2.94. The molecule has 0 amide bonds. The van der Waals surface area contributed by atoms with Gasteiger partial charge in [-0.15, -0.1) is 0 Å². The van der Waals surface area contributed by atoms with Gasteiger partial charge in [0.2, 0.25) is 0 Å². The standard InChI is InChI=1S/C16H24O2/c1-13(12-14-8-4-5-9-15(14)17)18-16(2)10-6-3-7-11-16/h4-5,8-9,13,17H,3,6-7,10-12H2,1-2H3. The summed E-state index contributed by atoms with van der Waals surface area (Å²) in [4.78, 5) is 0. The van der Waals surface area contributed by atoms with Gasteiger partial charge < -0.3 is 9.84 Å². The molecule has 1 aliphatic rings. The van der Waals surface area contributed by atoms with Gasteiger partial charge in [-0.1, -0.05) is 37.5 Å². The maximum Gasteiger partial charge on any atom is 0.118 e. The maximum absolute atomic E-state index is 9.77. The first-order valence-electron chi connectivity index (χ1n) is 7.04. The van der Waals surface area contributed by atoms with Crippen molar-refractivity contribution in [2.24, 2.45) is 0 Å². The number of aromatic hydroxyl groups is 1. The van der Waals surface area contributed by atoms with Gasteiger partial charge >= 0.3 is 0 Å². The zero-order valence-corrected chi connectivity index (χ0v) is 11.5. The number of hydrogen-bond donors (Lipinski definition) is 1. The van der Waals surface area contributed by atoms with Crippen LogP contribution in [0.25, 0.3) is 0 Å². The first-order valence-corrected chi connectivity index (χ1v) is 7.04. The lowest BCUT2D eigenvalue weighted by Crippen LogP contribution is -2.35. The number of para-hydroxylation sites is 1. The van der Waals surface area contributed by atoms with Gasteiger partial charge in [-0.05, 0) is 38.3 Å². The van der Waals surface area contributed by atoms with Crippen molar-refractivity contribution >= 4 is 0 Å². The van der Waals surface area contributed by atoms with Gasteiger partial charge in [0.05, 0.1) is 11.7 Å². The molecule has 1 aromatic rings. The van der Waals surface area contributed by atoms with Crippen molar-refractivity contribution < 1.29 is 9.84 Å². The number of hydrogen-bond acceptors (Lipinski definition) is 2. The van der Waals surface area contributed by atoms with Crippen molar-refractivity contribution in [2.75, 3.05) is 0 Å². The maximum atomic E-state index is 9.77. The number of phenols is 1. The second-order valence-electron chi connectivity index (χ2n) is 5.77. The molecule has 0 aliphatic heterocycles. The summed E-state index contributed by atoms with van der Waals surface area (Å²) in [5.74, 6) is 0.377. The Kier molecular flexibility index (Phi) is 4.28. The van der Waals surface area contributed by atoms with E-state index in [1.54, 1.807) is 6.07 Å². The zero-order valence-electron chi connectivity index (χ0n) is 11.5. The monoisotopic (exact) mass is 248 g/mol. The molecule has 1 fully saturated rings. The van der Waals surface area contributed by atoms with Crippen LogP contribution in [-0.2, 0) is 11.2 Å². The Morgan fingerprint density at radius 3 is 2.56 bits per heavy atom. The minimum atomic E-state index is 0.0437. The summed E-state index contributed by atoms with van der Waals surface area (Å²) in [5.41, 5.74) is 1.02. The van der Waals surface area contributed by atoms with Crippen LogP contribution >= 0.6 is 0 Å². The van der Waals surface area contributed by atoms with E-state index in [9.17, 15) is 5.11 Å². The third kappa shape index (κ3) is 3.49. The predicted octanol–water partition coefficient (Wildman–Crippen LogP) is 4.06. The van der Waals surface area contributed by atoms with Crippen LogP contribution in [0.1, 0.15) is 51.5 Å². The third-order valence-electron chi connectivity index (χ3n) is 3.90. The highest BCUT2D eigenvalue weighted by molar-refractivity contribution is 5.32. The summed E-state index contributed by atoms with van der Waals surface area (Å²) >= 11 is 0. The van der Waals surface area contributed by atoms with Crippen molar-refractivity contribution in [3.8, 4) is 5.75 Å². The van der Waals surface area contributed by atoms with E-state index in [-0.39, 0.29) is 11.7 Å². The van der Waals surface area contributed by atoms with E-state index < -0.39 is 0 Å². The molecule has 2 rings (SSSR count). The SMILES string of the molecule is CC(Cc1ccccc1O)OC1(C)CCCCC1. The molecule has 1 atom stereocenters. The Labute approximate surface area is 110 Å². The second kappa shape index (κ2) is 5.75. The van der Waals surface area contributed by atoms with Crippen LogP contribution in [0.5, 0.6) is 5.75 Å².